The van der Waals surface area contributed by atoms with E-state index in [4.69, 9.17) is 5.26 Å². The summed E-state index contributed by atoms with van der Waals surface area (Å²) in [6.45, 7) is 4.62. The summed E-state index contributed by atoms with van der Waals surface area (Å²) in [4.78, 5) is 9.13. The second-order valence-electron chi connectivity index (χ2n) is 5.16. The van der Waals surface area contributed by atoms with Gasteiger partial charge in [0.25, 0.3) is 0 Å². The molecule has 0 saturated carbocycles. The molecule has 4 heteroatoms. The maximum atomic E-state index is 8.75. The minimum atomic E-state index is 0.632. The monoisotopic (exact) mass is 228 g/mol. The zero-order chi connectivity index (χ0) is 11.8. The highest BCUT2D eigenvalue weighted by Crippen LogP contribution is 2.32. The fraction of sp³-hybridized carbons (Fsp3) is 0.538. The van der Waals surface area contributed by atoms with Crippen molar-refractivity contribution in [2.45, 2.75) is 0 Å². The minimum Gasteiger partial charge on any atom is -0.356 e. The van der Waals surface area contributed by atoms with Gasteiger partial charge in [-0.25, -0.2) is 4.98 Å². The third kappa shape index (κ3) is 1.87. The maximum absolute atomic E-state index is 8.75. The van der Waals surface area contributed by atoms with Crippen molar-refractivity contribution in [3.63, 3.8) is 0 Å². The van der Waals surface area contributed by atoms with Gasteiger partial charge in [0, 0.05) is 32.4 Å². The average molecular weight is 228 g/mol. The Morgan fingerprint density at radius 1 is 1.24 bits per heavy atom. The topological polar surface area (TPSA) is 43.2 Å². The molecule has 0 spiro atoms. The van der Waals surface area contributed by atoms with E-state index in [9.17, 15) is 0 Å². The summed E-state index contributed by atoms with van der Waals surface area (Å²) in [5.41, 5.74) is 0.632. The van der Waals surface area contributed by atoms with E-state index in [0.717, 1.165) is 30.7 Å². The zero-order valence-electron chi connectivity index (χ0n) is 10.0. The molecule has 0 amide bonds. The van der Waals surface area contributed by atoms with Crippen LogP contribution in [0.15, 0.2) is 18.3 Å². The van der Waals surface area contributed by atoms with E-state index >= 15 is 0 Å². The Balaban J connectivity index is 1.73. The van der Waals surface area contributed by atoms with Crippen LogP contribution in [0, 0.1) is 23.2 Å². The first-order valence-electron chi connectivity index (χ1n) is 6.06. The molecule has 0 bridgehead atoms. The van der Waals surface area contributed by atoms with E-state index in [1.165, 1.54) is 13.1 Å². The summed E-state index contributed by atoms with van der Waals surface area (Å²) >= 11 is 0. The highest BCUT2D eigenvalue weighted by Gasteiger charge is 2.38. The number of nitrogens with zero attached hydrogens (tertiary/aromatic N) is 4. The van der Waals surface area contributed by atoms with E-state index in [-0.39, 0.29) is 0 Å². The van der Waals surface area contributed by atoms with Crippen LogP contribution < -0.4 is 4.90 Å². The molecule has 1 aromatic rings. The molecule has 2 fully saturated rings. The van der Waals surface area contributed by atoms with Crippen LogP contribution in [0.4, 0.5) is 5.82 Å². The van der Waals surface area contributed by atoms with Crippen LogP contribution in [0.1, 0.15) is 5.56 Å². The smallest absolute Gasteiger partial charge is 0.128 e. The van der Waals surface area contributed by atoms with Gasteiger partial charge in [-0.2, -0.15) is 5.26 Å². The molecule has 2 saturated heterocycles. The number of hydrogen-bond acceptors (Lipinski definition) is 4. The van der Waals surface area contributed by atoms with Crippen molar-refractivity contribution in [2.24, 2.45) is 11.8 Å². The molecular weight excluding hydrogens is 212 g/mol. The van der Waals surface area contributed by atoms with Crippen LogP contribution in [-0.2, 0) is 0 Å². The number of likely N-dealkylation sites (tertiary alicyclic amines) is 1. The predicted octanol–water partition coefficient (Wildman–Crippen LogP) is 0.951. The summed E-state index contributed by atoms with van der Waals surface area (Å²) in [7, 11) is 2.20. The lowest BCUT2D eigenvalue weighted by Gasteiger charge is -2.20. The third-order valence-corrected chi connectivity index (χ3v) is 3.87. The largest absolute Gasteiger partial charge is 0.356 e. The van der Waals surface area contributed by atoms with E-state index in [1.807, 2.05) is 12.1 Å². The molecule has 0 radical (unpaired) electrons. The predicted molar refractivity (Wildman–Crippen MR) is 65.6 cm³/mol. The van der Waals surface area contributed by atoms with Gasteiger partial charge >= 0.3 is 0 Å². The molecule has 17 heavy (non-hydrogen) atoms. The van der Waals surface area contributed by atoms with Crippen LogP contribution in [0.5, 0.6) is 0 Å². The van der Waals surface area contributed by atoms with Crippen molar-refractivity contribution in [1.29, 1.82) is 5.26 Å². The molecule has 0 N–H and O–H groups in total. The molecule has 2 atom stereocenters. The molecule has 2 unspecified atom stereocenters. The Hall–Kier alpha value is -1.60. The normalized spacial score (nSPS) is 28.1. The van der Waals surface area contributed by atoms with E-state index in [1.54, 1.807) is 6.20 Å². The van der Waals surface area contributed by atoms with Crippen molar-refractivity contribution in [2.75, 3.05) is 38.1 Å². The van der Waals surface area contributed by atoms with Crippen LogP contribution in [0.25, 0.3) is 0 Å². The molecule has 4 nitrogen and oxygen atoms in total. The van der Waals surface area contributed by atoms with Gasteiger partial charge in [0.1, 0.15) is 11.9 Å². The lowest BCUT2D eigenvalue weighted by molar-refractivity contribution is 0.387. The molecule has 0 aliphatic carbocycles. The molecule has 88 valence electrons. The van der Waals surface area contributed by atoms with Crippen molar-refractivity contribution in [3.8, 4) is 6.07 Å². The SMILES string of the molecule is CN1CC2CN(c3ccc(C#N)cn3)CC2C1. The standard InChI is InChI=1S/C13H16N4/c1-16-6-11-8-17(9-12(11)7-16)13-3-2-10(4-14)5-15-13/h2-3,5,11-12H,6-9H2,1H3. The molecular formula is C13H16N4. The number of anilines is 1. The number of nitriles is 1. The summed E-state index contributed by atoms with van der Waals surface area (Å²) < 4.78 is 0. The molecule has 2 aliphatic heterocycles. The Labute approximate surface area is 101 Å². The number of aromatic nitrogens is 1. The van der Waals surface area contributed by atoms with E-state index < -0.39 is 0 Å². The molecule has 3 rings (SSSR count). The van der Waals surface area contributed by atoms with Crippen LogP contribution in [0.3, 0.4) is 0 Å². The number of fused-ring (bicyclic) bond motifs is 1. The first-order valence-corrected chi connectivity index (χ1v) is 6.06. The Kier molecular flexibility index (Phi) is 2.49. The second-order valence-corrected chi connectivity index (χ2v) is 5.16. The highest BCUT2D eigenvalue weighted by atomic mass is 15.3. The van der Waals surface area contributed by atoms with Gasteiger partial charge in [0.15, 0.2) is 0 Å². The third-order valence-electron chi connectivity index (χ3n) is 3.87. The van der Waals surface area contributed by atoms with Gasteiger partial charge in [-0.3, -0.25) is 0 Å². The first kappa shape index (κ1) is 10.5. The van der Waals surface area contributed by atoms with Crippen LogP contribution >= 0.6 is 0 Å². The first-order chi connectivity index (χ1) is 8.26. The highest BCUT2D eigenvalue weighted by molar-refractivity contribution is 5.43. The lowest BCUT2D eigenvalue weighted by Crippen LogP contribution is -2.27. The maximum Gasteiger partial charge on any atom is 0.128 e. The lowest BCUT2D eigenvalue weighted by atomic mass is 10.0. The van der Waals surface area contributed by atoms with Crippen molar-refractivity contribution in [3.05, 3.63) is 23.9 Å². The van der Waals surface area contributed by atoms with Gasteiger partial charge in [0.2, 0.25) is 0 Å². The van der Waals surface area contributed by atoms with Crippen LogP contribution in [-0.4, -0.2) is 43.1 Å². The van der Waals surface area contributed by atoms with Gasteiger partial charge in [-0.15, -0.1) is 0 Å². The van der Waals surface area contributed by atoms with Crippen molar-refractivity contribution >= 4 is 5.82 Å². The molecule has 1 aromatic heterocycles. The minimum absolute atomic E-state index is 0.632. The Morgan fingerprint density at radius 3 is 2.47 bits per heavy atom. The quantitative estimate of drug-likeness (QED) is 0.718. The summed E-state index contributed by atoms with van der Waals surface area (Å²) in [6.07, 6.45) is 1.66. The summed E-state index contributed by atoms with van der Waals surface area (Å²) in [5.74, 6) is 2.59. The van der Waals surface area contributed by atoms with E-state index in [2.05, 4.69) is 27.9 Å². The van der Waals surface area contributed by atoms with Gasteiger partial charge in [-0.1, -0.05) is 0 Å². The van der Waals surface area contributed by atoms with Gasteiger partial charge in [0.05, 0.1) is 5.56 Å². The number of pyridine rings is 1. The van der Waals surface area contributed by atoms with Gasteiger partial charge in [-0.05, 0) is 31.0 Å². The van der Waals surface area contributed by atoms with Gasteiger partial charge < -0.3 is 9.80 Å². The fourth-order valence-electron chi connectivity index (χ4n) is 3.05. The Morgan fingerprint density at radius 2 is 1.94 bits per heavy atom. The second kappa shape index (κ2) is 4.01. The summed E-state index contributed by atoms with van der Waals surface area (Å²) in [6, 6.07) is 5.91. The fourth-order valence-corrected chi connectivity index (χ4v) is 3.05. The molecule has 3 heterocycles. The zero-order valence-corrected chi connectivity index (χ0v) is 10.0. The van der Waals surface area contributed by atoms with Crippen LogP contribution in [0.2, 0.25) is 0 Å². The average Bonchev–Trinajstić information content (AvgIpc) is 2.86. The molecule has 0 aromatic carbocycles. The number of rotatable bonds is 1. The summed E-state index contributed by atoms with van der Waals surface area (Å²) in [5, 5.41) is 8.75. The van der Waals surface area contributed by atoms with Crippen molar-refractivity contribution < 1.29 is 0 Å². The molecule has 2 aliphatic rings. The Bertz CT molecular complexity index is 433. The van der Waals surface area contributed by atoms with E-state index in [0.29, 0.717) is 5.56 Å². The van der Waals surface area contributed by atoms with Crippen molar-refractivity contribution in [1.82, 2.24) is 9.88 Å². The number of hydrogen-bond donors (Lipinski definition) is 0.